The molecule has 0 bridgehead atoms. The van der Waals surface area contributed by atoms with Gasteiger partial charge in [-0.1, -0.05) is 31.8 Å². The highest BCUT2D eigenvalue weighted by molar-refractivity contribution is 6.93. The fourth-order valence-corrected chi connectivity index (χ4v) is 4.91. The van der Waals surface area contributed by atoms with Crippen molar-refractivity contribution in [3.63, 3.8) is 0 Å². The van der Waals surface area contributed by atoms with E-state index in [9.17, 15) is 4.79 Å². The Kier molecular flexibility index (Phi) is 4.56. The molecular weight excluding hydrogens is 307 g/mol. The van der Waals surface area contributed by atoms with Gasteiger partial charge in [0, 0.05) is 0 Å². The molecule has 0 amide bonds. The minimum atomic E-state index is -1.82. The summed E-state index contributed by atoms with van der Waals surface area (Å²) in [5, 5.41) is 1.05. The third kappa shape index (κ3) is 3.25. The van der Waals surface area contributed by atoms with Crippen molar-refractivity contribution >= 4 is 31.8 Å². The van der Waals surface area contributed by atoms with Crippen LogP contribution in [0, 0.1) is 0 Å². The maximum absolute atomic E-state index is 12.2. The van der Waals surface area contributed by atoms with Crippen LogP contribution in [0.2, 0.25) is 19.6 Å². The number of ether oxygens (including phenoxy) is 1. The van der Waals surface area contributed by atoms with Crippen LogP contribution in [0.15, 0.2) is 18.2 Å². The number of hydrogen-bond donors (Lipinski definition) is 0. The molecule has 1 aromatic carbocycles. The van der Waals surface area contributed by atoms with Crippen molar-refractivity contribution < 1.29 is 18.8 Å². The van der Waals surface area contributed by atoms with Crippen molar-refractivity contribution in [1.82, 2.24) is 0 Å². The number of methoxy groups -OCH3 is 1. The van der Waals surface area contributed by atoms with E-state index in [1.807, 2.05) is 45.9 Å². The molecule has 1 saturated heterocycles. The Hall–Kier alpha value is -1.11. The highest BCUT2D eigenvalue weighted by Crippen LogP contribution is 2.36. The van der Waals surface area contributed by atoms with Gasteiger partial charge in [0.2, 0.25) is 0 Å². The summed E-state index contributed by atoms with van der Waals surface area (Å²) in [6.07, 6.45) is 0. The molecule has 1 heterocycles. The Morgan fingerprint density at radius 3 is 2.04 bits per heavy atom. The van der Waals surface area contributed by atoms with Crippen LogP contribution in [0.5, 0.6) is 0 Å². The molecule has 1 fully saturated rings. The minimum Gasteiger partial charge on any atom is -0.465 e. The molecule has 2 rings (SSSR count). The van der Waals surface area contributed by atoms with Gasteiger partial charge in [0.05, 0.1) is 31.9 Å². The van der Waals surface area contributed by atoms with Crippen molar-refractivity contribution in [2.45, 2.75) is 58.5 Å². The van der Waals surface area contributed by atoms with E-state index in [-0.39, 0.29) is 5.97 Å². The van der Waals surface area contributed by atoms with Crippen molar-refractivity contribution in [2.75, 3.05) is 7.11 Å². The van der Waals surface area contributed by atoms with Gasteiger partial charge in [-0.2, -0.15) is 0 Å². The molecule has 0 aliphatic carbocycles. The Bertz CT molecular complexity index is 604. The highest BCUT2D eigenvalue weighted by atomic mass is 28.3. The lowest BCUT2D eigenvalue weighted by atomic mass is 9.78. The van der Waals surface area contributed by atoms with Crippen LogP contribution in [-0.4, -0.2) is 39.5 Å². The Labute approximate surface area is 140 Å². The first-order chi connectivity index (χ1) is 10.4. The molecule has 0 atom stereocenters. The molecule has 0 spiro atoms. The molecule has 0 radical (unpaired) electrons. The molecule has 0 N–H and O–H groups in total. The van der Waals surface area contributed by atoms with E-state index in [4.69, 9.17) is 14.0 Å². The Balaban J connectivity index is 2.59. The van der Waals surface area contributed by atoms with Crippen LogP contribution >= 0.6 is 0 Å². The number of rotatable bonds is 3. The number of esters is 1. The van der Waals surface area contributed by atoms with Crippen LogP contribution < -0.4 is 10.6 Å². The van der Waals surface area contributed by atoms with Gasteiger partial charge in [-0.3, -0.25) is 0 Å². The van der Waals surface area contributed by atoms with E-state index in [0.717, 1.165) is 10.6 Å². The summed E-state index contributed by atoms with van der Waals surface area (Å²) in [6, 6.07) is 5.70. The van der Waals surface area contributed by atoms with Crippen molar-refractivity contribution in [1.29, 1.82) is 0 Å². The first kappa shape index (κ1) is 18.2. The maximum Gasteiger partial charge on any atom is 0.494 e. The minimum absolute atomic E-state index is 0.305. The Morgan fingerprint density at radius 2 is 1.61 bits per heavy atom. The Morgan fingerprint density at radius 1 is 1.09 bits per heavy atom. The van der Waals surface area contributed by atoms with Gasteiger partial charge in [0.15, 0.2) is 0 Å². The van der Waals surface area contributed by atoms with E-state index in [1.54, 1.807) is 0 Å². The predicted molar refractivity (Wildman–Crippen MR) is 96.5 cm³/mol. The fraction of sp³-hybridized carbons (Fsp3) is 0.588. The molecular formula is C17H27BO4Si. The van der Waals surface area contributed by atoms with Crippen LogP contribution in [0.25, 0.3) is 0 Å². The van der Waals surface area contributed by atoms with Gasteiger partial charge in [-0.25, -0.2) is 4.79 Å². The summed E-state index contributed by atoms with van der Waals surface area (Å²) in [7, 11) is -0.874. The summed E-state index contributed by atoms with van der Waals surface area (Å²) in [5.74, 6) is -0.305. The zero-order chi connectivity index (χ0) is 17.6. The lowest BCUT2D eigenvalue weighted by Gasteiger charge is -2.32. The van der Waals surface area contributed by atoms with Gasteiger partial charge in [-0.05, 0) is 44.4 Å². The third-order valence-electron chi connectivity index (χ3n) is 4.76. The van der Waals surface area contributed by atoms with Crippen LogP contribution in [0.1, 0.15) is 38.1 Å². The van der Waals surface area contributed by atoms with Crippen LogP contribution in [0.4, 0.5) is 0 Å². The molecule has 1 aliphatic rings. The van der Waals surface area contributed by atoms with E-state index >= 15 is 0 Å². The lowest BCUT2D eigenvalue weighted by Crippen LogP contribution is -2.56. The van der Waals surface area contributed by atoms with Crippen molar-refractivity contribution in [2.24, 2.45) is 0 Å². The quantitative estimate of drug-likeness (QED) is 0.629. The molecule has 0 saturated carbocycles. The first-order valence-corrected chi connectivity index (χ1v) is 11.5. The molecule has 1 aromatic rings. The standard InChI is InChI=1S/C17H27BO4Si/c1-16(2)17(3,4)22-18(21-16)13-11-9-10-12(15(19)20-5)14(13)23(6,7)8/h9-11H,1-8H3. The largest absolute Gasteiger partial charge is 0.494 e. The molecule has 4 nitrogen and oxygen atoms in total. The van der Waals surface area contributed by atoms with Crippen molar-refractivity contribution in [3.05, 3.63) is 23.8 Å². The van der Waals surface area contributed by atoms with Crippen LogP contribution in [-0.2, 0) is 14.0 Å². The van der Waals surface area contributed by atoms with Gasteiger partial charge in [0.1, 0.15) is 0 Å². The molecule has 1 aliphatic heterocycles. The summed E-state index contributed by atoms with van der Waals surface area (Å²) in [4.78, 5) is 12.2. The molecule has 6 heteroatoms. The smallest absolute Gasteiger partial charge is 0.465 e. The second-order valence-corrected chi connectivity index (χ2v) is 13.1. The molecule has 23 heavy (non-hydrogen) atoms. The van der Waals surface area contributed by atoms with Crippen LogP contribution in [0.3, 0.4) is 0 Å². The summed E-state index contributed by atoms with van der Waals surface area (Å²) in [5.41, 5.74) is 0.760. The number of carbonyl (C=O) groups is 1. The fourth-order valence-electron chi connectivity index (χ4n) is 2.85. The molecule has 0 unspecified atom stereocenters. The van der Waals surface area contributed by atoms with E-state index in [2.05, 4.69) is 19.6 Å². The second kappa shape index (κ2) is 5.76. The van der Waals surface area contributed by atoms with E-state index < -0.39 is 26.4 Å². The van der Waals surface area contributed by atoms with E-state index in [1.165, 1.54) is 7.11 Å². The number of benzene rings is 1. The lowest BCUT2D eigenvalue weighted by molar-refractivity contribution is 0.00578. The van der Waals surface area contributed by atoms with Gasteiger partial charge < -0.3 is 14.0 Å². The first-order valence-electron chi connectivity index (χ1n) is 7.98. The SMILES string of the molecule is COC(=O)c1cccc(B2OC(C)(C)C(C)(C)O2)c1[Si](C)(C)C. The monoisotopic (exact) mass is 334 g/mol. The highest BCUT2D eigenvalue weighted by Gasteiger charge is 2.52. The molecule has 126 valence electrons. The molecule has 0 aromatic heterocycles. The average molecular weight is 334 g/mol. The summed E-state index contributed by atoms with van der Waals surface area (Å²) >= 11 is 0. The van der Waals surface area contributed by atoms with E-state index in [0.29, 0.717) is 5.56 Å². The maximum atomic E-state index is 12.2. The van der Waals surface area contributed by atoms with Gasteiger partial charge in [-0.15, -0.1) is 0 Å². The summed E-state index contributed by atoms with van der Waals surface area (Å²) < 4.78 is 17.4. The third-order valence-corrected chi connectivity index (χ3v) is 6.82. The van der Waals surface area contributed by atoms with Gasteiger partial charge in [0.25, 0.3) is 0 Å². The topological polar surface area (TPSA) is 44.8 Å². The number of hydrogen-bond acceptors (Lipinski definition) is 4. The average Bonchev–Trinajstić information content (AvgIpc) is 2.64. The zero-order valence-corrected chi connectivity index (χ0v) is 16.4. The predicted octanol–water partition coefficient (Wildman–Crippen LogP) is 2.32. The second-order valence-electron chi connectivity index (χ2n) is 8.10. The zero-order valence-electron chi connectivity index (χ0n) is 15.4. The normalized spacial score (nSPS) is 19.7. The summed E-state index contributed by atoms with van der Waals surface area (Å²) in [6.45, 7) is 14.8. The number of carbonyl (C=O) groups excluding carboxylic acids is 1. The van der Waals surface area contributed by atoms with Gasteiger partial charge >= 0.3 is 13.1 Å². The van der Waals surface area contributed by atoms with Crippen molar-refractivity contribution in [3.8, 4) is 0 Å².